The lowest BCUT2D eigenvalue weighted by Crippen LogP contribution is -1.99. The summed E-state index contributed by atoms with van der Waals surface area (Å²) in [5, 5.41) is 12.9. The molecule has 0 amide bonds. The van der Waals surface area contributed by atoms with E-state index < -0.39 is 0 Å². The zero-order valence-corrected chi connectivity index (χ0v) is 17.9. The molecule has 0 aliphatic heterocycles. The molecule has 150 valence electrons. The van der Waals surface area contributed by atoms with Crippen LogP contribution in [0.3, 0.4) is 0 Å². The smallest absolute Gasteiger partial charge is 0.173 e. The van der Waals surface area contributed by atoms with Gasteiger partial charge in [-0.3, -0.25) is 0 Å². The predicted octanol–water partition coefficient (Wildman–Crippen LogP) is 6.06. The second-order valence-corrected chi connectivity index (χ2v) is 8.57. The molecule has 4 rings (SSSR count). The number of hydrogen-bond acceptors (Lipinski definition) is 7. The second kappa shape index (κ2) is 8.69. The number of ether oxygens (including phenoxy) is 1. The minimum Gasteiger partial charge on any atom is -0.489 e. The number of benzene rings is 2. The molecule has 0 fully saturated rings. The summed E-state index contributed by atoms with van der Waals surface area (Å²) in [6.07, 6.45) is 3.50. The SMILES string of the molecule is CSc1nc2ncc(C#N)c(Nc3ccc(OCc4cccc(F)c4)c(C)c3)c2s1. The fourth-order valence-corrected chi connectivity index (χ4v) is 4.49. The summed E-state index contributed by atoms with van der Waals surface area (Å²) in [6, 6.07) is 14.3. The molecule has 0 saturated carbocycles. The number of nitriles is 1. The monoisotopic (exact) mass is 436 g/mol. The van der Waals surface area contributed by atoms with Crippen LogP contribution in [0.2, 0.25) is 0 Å². The molecular formula is C22H17FN4OS2. The fraction of sp³-hybridized carbons (Fsp3) is 0.136. The Bertz CT molecular complexity index is 1270. The van der Waals surface area contributed by atoms with Crippen molar-refractivity contribution in [1.29, 1.82) is 5.26 Å². The molecule has 0 unspecified atom stereocenters. The lowest BCUT2D eigenvalue weighted by molar-refractivity contribution is 0.303. The molecule has 0 atom stereocenters. The average Bonchev–Trinajstić information content (AvgIpc) is 3.17. The molecule has 2 heterocycles. The van der Waals surface area contributed by atoms with Crippen molar-refractivity contribution in [2.45, 2.75) is 17.9 Å². The Kier molecular flexibility index (Phi) is 5.84. The lowest BCUT2D eigenvalue weighted by atomic mass is 10.1. The lowest BCUT2D eigenvalue weighted by Gasteiger charge is -2.13. The Hall–Kier alpha value is -3.15. The number of nitrogens with one attached hydrogen (secondary N) is 1. The van der Waals surface area contributed by atoms with Gasteiger partial charge in [-0.25, -0.2) is 14.4 Å². The van der Waals surface area contributed by atoms with E-state index in [2.05, 4.69) is 21.4 Å². The molecule has 0 bridgehead atoms. The van der Waals surface area contributed by atoms with Crippen molar-refractivity contribution in [1.82, 2.24) is 9.97 Å². The molecule has 0 aliphatic carbocycles. The highest BCUT2D eigenvalue weighted by molar-refractivity contribution is 8.00. The van der Waals surface area contributed by atoms with Crippen molar-refractivity contribution in [3.8, 4) is 11.8 Å². The number of pyridine rings is 1. The van der Waals surface area contributed by atoms with Crippen LogP contribution in [0, 0.1) is 24.1 Å². The molecule has 1 N–H and O–H groups in total. The number of aryl methyl sites for hydroxylation is 1. The Morgan fingerprint density at radius 2 is 2.13 bits per heavy atom. The van der Waals surface area contributed by atoms with Gasteiger partial charge in [-0.2, -0.15) is 5.26 Å². The number of halogens is 1. The number of thiazole rings is 1. The molecule has 0 spiro atoms. The van der Waals surface area contributed by atoms with E-state index in [1.165, 1.54) is 29.7 Å². The zero-order chi connectivity index (χ0) is 21.1. The van der Waals surface area contributed by atoms with Crippen molar-refractivity contribution in [2.75, 3.05) is 11.6 Å². The third-order valence-electron chi connectivity index (χ3n) is 4.42. The van der Waals surface area contributed by atoms with E-state index in [1.807, 2.05) is 37.4 Å². The van der Waals surface area contributed by atoms with Gasteiger partial charge in [0, 0.05) is 11.9 Å². The number of thioether (sulfide) groups is 1. The van der Waals surface area contributed by atoms with E-state index >= 15 is 0 Å². The first-order valence-electron chi connectivity index (χ1n) is 9.06. The molecule has 2 aromatic carbocycles. The zero-order valence-electron chi connectivity index (χ0n) is 16.3. The summed E-state index contributed by atoms with van der Waals surface area (Å²) in [7, 11) is 0. The van der Waals surface area contributed by atoms with Crippen molar-refractivity contribution >= 4 is 44.8 Å². The van der Waals surface area contributed by atoms with Crippen LogP contribution in [0.25, 0.3) is 10.3 Å². The molecule has 0 aliphatic rings. The van der Waals surface area contributed by atoms with Crippen LogP contribution in [0.5, 0.6) is 5.75 Å². The van der Waals surface area contributed by atoms with Gasteiger partial charge < -0.3 is 10.1 Å². The summed E-state index contributed by atoms with van der Waals surface area (Å²) >= 11 is 3.06. The summed E-state index contributed by atoms with van der Waals surface area (Å²) < 4.78 is 20.9. The topological polar surface area (TPSA) is 70.8 Å². The molecule has 0 saturated heterocycles. The Labute approximate surface area is 181 Å². The van der Waals surface area contributed by atoms with Gasteiger partial charge in [-0.15, -0.1) is 11.3 Å². The van der Waals surface area contributed by atoms with Crippen LogP contribution in [-0.2, 0) is 6.61 Å². The number of fused-ring (bicyclic) bond motifs is 1. The summed E-state index contributed by atoms with van der Waals surface area (Å²) in [5.74, 6) is 0.435. The van der Waals surface area contributed by atoms with Crippen molar-refractivity contribution in [3.05, 3.63) is 71.2 Å². The van der Waals surface area contributed by atoms with Gasteiger partial charge in [0.15, 0.2) is 9.99 Å². The van der Waals surface area contributed by atoms with E-state index in [4.69, 9.17) is 4.74 Å². The van der Waals surface area contributed by atoms with Crippen molar-refractivity contribution in [3.63, 3.8) is 0 Å². The molecule has 30 heavy (non-hydrogen) atoms. The molecule has 5 nitrogen and oxygen atoms in total. The van der Waals surface area contributed by atoms with E-state index in [9.17, 15) is 9.65 Å². The highest BCUT2D eigenvalue weighted by Gasteiger charge is 2.14. The standard InChI is InChI=1S/C22H17FN4OS2/c1-13-8-17(6-7-18(13)28-12-14-4-3-5-16(23)9-14)26-19-15(10-24)11-25-21-20(19)30-22(27-21)29-2/h3-9,11H,12H2,1-2H3,(H,25,26). The molecule has 2 aromatic heterocycles. The van der Waals surface area contributed by atoms with E-state index in [-0.39, 0.29) is 12.4 Å². The molecule has 4 aromatic rings. The minimum absolute atomic E-state index is 0.281. The van der Waals surface area contributed by atoms with E-state index in [0.717, 1.165) is 25.9 Å². The minimum atomic E-state index is -0.281. The second-order valence-electron chi connectivity index (χ2n) is 6.52. The Balaban J connectivity index is 1.58. The van der Waals surface area contributed by atoms with Crippen molar-refractivity contribution in [2.24, 2.45) is 0 Å². The predicted molar refractivity (Wildman–Crippen MR) is 119 cm³/mol. The van der Waals surface area contributed by atoms with Crippen LogP contribution >= 0.6 is 23.1 Å². The van der Waals surface area contributed by atoms with E-state index in [0.29, 0.717) is 22.6 Å². The third kappa shape index (κ3) is 4.22. The van der Waals surface area contributed by atoms with Crippen LogP contribution in [0.1, 0.15) is 16.7 Å². The largest absolute Gasteiger partial charge is 0.489 e. The van der Waals surface area contributed by atoms with Gasteiger partial charge in [0.05, 0.1) is 16.0 Å². The number of aromatic nitrogens is 2. The third-order valence-corrected chi connectivity index (χ3v) is 6.47. The summed E-state index contributed by atoms with van der Waals surface area (Å²) in [6.45, 7) is 2.23. The maximum atomic E-state index is 13.3. The summed E-state index contributed by atoms with van der Waals surface area (Å²) in [5.41, 5.74) is 4.31. The van der Waals surface area contributed by atoms with Crippen LogP contribution < -0.4 is 10.1 Å². The first-order chi connectivity index (χ1) is 14.6. The van der Waals surface area contributed by atoms with E-state index in [1.54, 1.807) is 17.8 Å². The maximum absolute atomic E-state index is 13.3. The Morgan fingerprint density at radius 3 is 2.87 bits per heavy atom. The van der Waals surface area contributed by atoms with Crippen LogP contribution in [0.4, 0.5) is 15.8 Å². The maximum Gasteiger partial charge on any atom is 0.173 e. The average molecular weight is 437 g/mol. The number of nitrogens with zero attached hydrogens (tertiary/aromatic N) is 3. The number of anilines is 2. The first kappa shape index (κ1) is 20.1. The highest BCUT2D eigenvalue weighted by atomic mass is 32.2. The molecule has 8 heteroatoms. The highest BCUT2D eigenvalue weighted by Crippen LogP contribution is 2.36. The van der Waals surface area contributed by atoms with Gasteiger partial charge in [0.25, 0.3) is 0 Å². The van der Waals surface area contributed by atoms with Crippen LogP contribution in [0.15, 0.2) is 53.0 Å². The van der Waals surface area contributed by atoms with Gasteiger partial charge in [-0.05, 0) is 54.6 Å². The molecular weight excluding hydrogens is 419 g/mol. The van der Waals surface area contributed by atoms with Gasteiger partial charge in [0.1, 0.15) is 24.2 Å². The Morgan fingerprint density at radius 1 is 1.27 bits per heavy atom. The summed E-state index contributed by atoms with van der Waals surface area (Å²) in [4.78, 5) is 8.76. The fourth-order valence-electron chi connectivity index (χ4n) is 2.97. The number of rotatable bonds is 6. The normalized spacial score (nSPS) is 10.7. The number of hydrogen-bond donors (Lipinski definition) is 1. The van der Waals surface area contributed by atoms with Gasteiger partial charge in [-0.1, -0.05) is 23.9 Å². The van der Waals surface area contributed by atoms with Crippen molar-refractivity contribution < 1.29 is 9.13 Å². The molecule has 0 radical (unpaired) electrons. The van der Waals surface area contributed by atoms with Gasteiger partial charge in [0.2, 0.25) is 0 Å². The first-order valence-corrected chi connectivity index (χ1v) is 11.1. The quantitative estimate of drug-likeness (QED) is 0.371. The van der Waals surface area contributed by atoms with Gasteiger partial charge >= 0.3 is 0 Å². The van der Waals surface area contributed by atoms with Crippen LogP contribution in [-0.4, -0.2) is 16.2 Å².